The molecule has 0 spiro atoms. The Morgan fingerprint density at radius 2 is 1.80 bits per heavy atom. The summed E-state index contributed by atoms with van der Waals surface area (Å²) < 4.78 is 6.03. The number of aromatic hydroxyl groups is 1. The van der Waals surface area contributed by atoms with Gasteiger partial charge < -0.3 is 9.84 Å². The number of phenolic OH excluding ortho intramolecular Hbond substituents is 1. The zero-order valence-electron chi connectivity index (χ0n) is 15.4. The molecular weight excluding hydrogens is 420 g/mol. The van der Waals surface area contributed by atoms with Gasteiger partial charge in [0, 0.05) is 33.9 Å². The summed E-state index contributed by atoms with van der Waals surface area (Å²) in [4.78, 5) is 17.8. The third kappa shape index (κ3) is 3.68. The Balaban J connectivity index is 1.56. The van der Waals surface area contributed by atoms with Crippen molar-refractivity contribution in [3.8, 4) is 39.5 Å². The van der Waals surface area contributed by atoms with E-state index in [2.05, 4.69) is 19.9 Å². The Bertz CT molecular complexity index is 1340. The molecule has 0 radical (unpaired) electrons. The quantitative estimate of drug-likeness (QED) is 0.377. The van der Waals surface area contributed by atoms with E-state index in [9.17, 15) is 5.11 Å². The lowest BCUT2D eigenvalue weighted by molar-refractivity contribution is 0.462. The molecule has 5 aromatic rings. The van der Waals surface area contributed by atoms with Gasteiger partial charge in [0.15, 0.2) is 5.82 Å². The van der Waals surface area contributed by atoms with Crippen molar-refractivity contribution < 1.29 is 9.84 Å². The van der Waals surface area contributed by atoms with Gasteiger partial charge in [-0.2, -0.15) is 4.98 Å². The van der Waals surface area contributed by atoms with E-state index in [1.165, 1.54) is 11.3 Å². The number of benzene rings is 2. The summed E-state index contributed by atoms with van der Waals surface area (Å²) in [5, 5.41) is 13.5. The van der Waals surface area contributed by atoms with Gasteiger partial charge >= 0.3 is 0 Å². The standard InChI is InChI=1S/C22H13ClN4O2S/c23-15-5-3-13(4-6-15)19-12-30-22(26-19)29-21-17-10-16(28)7-8-18(17)25-20(27-21)14-2-1-9-24-11-14/h1-12,28H. The number of fused-ring (bicyclic) bond motifs is 1. The van der Waals surface area contributed by atoms with Crippen LogP contribution in [0.4, 0.5) is 0 Å². The van der Waals surface area contributed by atoms with Gasteiger partial charge in [-0.05, 0) is 42.5 Å². The summed E-state index contributed by atoms with van der Waals surface area (Å²) in [6.45, 7) is 0. The van der Waals surface area contributed by atoms with Crippen LogP contribution in [-0.2, 0) is 0 Å². The monoisotopic (exact) mass is 432 g/mol. The minimum Gasteiger partial charge on any atom is -0.508 e. The highest BCUT2D eigenvalue weighted by Gasteiger charge is 2.14. The molecular formula is C22H13ClN4O2S. The van der Waals surface area contributed by atoms with E-state index in [1.54, 1.807) is 30.6 Å². The number of hydrogen-bond acceptors (Lipinski definition) is 7. The molecule has 2 aromatic carbocycles. The van der Waals surface area contributed by atoms with E-state index in [0.29, 0.717) is 32.8 Å². The van der Waals surface area contributed by atoms with E-state index < -0.39 is 0 Å². The van der Waals surface area contributed by atoms with Crippen LogP contribution in [0.2, 0.25) is 5.02 Å². The van der Waals surface area contributed by atoms with E-state index in [4.69, 9.17) is 16.3 Å². The molecule has 0 unspecified atom stereocenters. The molecule has 1 N–H and O–H groups in total. The third-order valence-electron chi connectivity index (χ3n) is 4.37. The molecule has 0 aliphatic heterocycles. The van der Waals surface area contributed by atoms with Gasteiger partial charge in [0.25, 0.3) is 5.19 Å². The Hall–Kier alpha value is -3.55. The molecule has 0 bridgehead atoms. The molecule has 0 saturated heterocycles. The molecule has 30 heavy (non-hydrogen) atoms. The number of nitrogens with zero attached hydrogens (tertiary/aromatic N) is 4. The summed E-state index contributed by atoms with van der Waals surface area (Å²) in [6.07, 6.45) is 3.38. The fraction of sp³-hybridized carbons (Fsp3) is 0. The topological polar surface area (TPSA) is 81.0 Å². The second-order valence-corrected chi connectivity index (χ2v) is 7.66. The van der Waals surface area contributed by atoms with Crippen LogP contribution in [-0.4, -0.2) is 25.0 Å². The average molecular weight is 433 g/mol. The molecule has 3 heterocycles. The zero-order valence-corrected chi connectivity index (χ0v) is 16.9. The van der Waals surface area contributed by atoms with E-state index in [-0.39, 0.29) is 5.75 Å². The highest BCUT2D eigenvalue weighted by molar-refractivity contribution is 7.11. The van der Waals surface area contributed by atoms with Crippen molar-refractivity contribution in [3.05, 3.63) is 77.4 Å². The lowest BCUT2D eigenvalue weighted by Gasteiger charge is -2.08. The number of ether oxygens (including phenoxy) is 1. The maximum atomic E-state index is 9.94. The maximum Gasteiger partial charge on any atom is 0.280 e. The summed E-state index contributed by atoms with van der Waals surface area (Å²) in [5.74, 6) is 0.892. The average Bonchev–Trinajstić information content (AvgIpc) is 3.23. The van der Waals surface area contributed by atoms with Crippen LogP contribution in [0.25, 0.3) is 33.5 Å². The summed E-state index contributed by atoms with van der Waals surface area (Å²) in [6, 6.07) is 16.0. The molecule has 146 valence electrons. The Morgan fingerprint density at radius 1 is 0.933 bits per heavy atom. The number of aromatic nitrogens is 4. The van der Waals surface area contributed by atoms with Gasteiger partial charge in [-0.3, -0.25) is 4.98 Å². The SMILES string of the molecule is Oc1ccc2nc(-c3cccnc3)nc(Oc3nc(-c4ccc(Cl)cc4)cs3)c2c1. The molecule has 8 heteroatoms. The van der Waals surface area contributed by atoms with Crippen LogP contribution in [0.5, 0.6) is 16.8 Å². The van der Waals surface area contributed by atoms with Crippen LogP contribution in [0.15, 0.2) is 72.4 Å². The highest BCUT2D eigenvalue weighted by Crippen LogP contribution is 2.35. The number of rotatable bonds is 4. The van der Waals surface area contributed by atoms with Gasteiger partial charge in [-0.1, -0.05) is 35.1 Å². The number of hydrogen-bond donors (Lipinski definition) is 1. The highest BCUT2D eigenvalue weighted by atomic mass is 35.5. The summed E-state index contributed by atoms with van der Waals surface area (Å²) in [7, 11) is 0. The third-order valence-corrected chi connectivity index (χ3v) is 5.34. The fourth-order valence-corrected chi connectivity index (χ4v) is 3.74. The van der Waals surface area contributed by atoms with E-state index in [0.717, 1.165) is 16.8 Å². The number of thiazole rings is 1. The van der Waals surface area contributed by atoms with Gasteiger partial charge in [0.05, 0.1) is 16.6 Å². The van der Waals surface area contributed by atoms with Gasteiger partial charge in [-0.25, -0.2) is 9.97 Å². The van der Waals surface area contributed by atoms with Crippen LogP contribution in [0.1, 0.15) is 0 Å². The van der Waals surface area contributed by atoms with Crippen molar-refractivity contribution in [2.24, 2.45) is 0 Å². The Labute approximate surface area is 180 Å². The van der Waals surface area contributed by atoms with Crippen molar-refractivity contribution in [1.82, 2.24) is 19.9 Å². The van der Waals surface area contributed by atoms with Crippen molar-refractivity contribution >= 4 is 33.8 Å². The molecule has 0 aliphatic carbocycles. The first-order valence-corrected chi connectivity index (χ1v) is 10.2. The van der Waals surface area contributed by atoms with Crippen molar-refractivity contribution in [1.29, 1.82) is 0 Å². The molecule has 6 nitrogen and oxygen atoms in total. The lowest BCUT2D eigenvalue weighted by Crippen LogP contribution is -1.96. The van der Waals surface area contributed by atoms with Crippen molar-refractivity contribution in [2.75, 3.05) is 0 Å². The van der Waals surface area contributed by atoms with E-state index >= 15 is 0 Å². The maximum absolute atomic E-state index is 9.94. The first-order chi connectivity index (χ1) is 14.7. The van der Waals surface area contributed by atoms with Crippen molar-refractivity contribution in [2.45, 2.75) is 0 Å². The summed E-state index contributed by atoms with van der Waals surface area (Å²) >= 11 is 7.32. The second-order valence-electron chi connectivity index (χ2n) is 6.40. The van der Waals surface area contributed by atoms with Crippen LogP contribution >= 0.6 is 22.9 Å². The van der Waals surface area contributed by atoms with E-state index in [1.807, 2.05) is 41.8 Å². The smallest absolute Gasteiger partial charge is 0.280 e. The first kappa shape index (κ1) is 18.5. The molecule has 0 aliphatic rings. The second kappa shape index (κ2) is 7.70. The molecule has 0 fully saturated rings. The molecule has 0 atom stereocenters. The molecule has 0 saturated carbocycles. The number of halogens is 1. The number of pyridine rings is 1. The Kier molecular flexibility index (Phi) is 4.74. The van der Waals surface area contributed by atoms with Crippen LogP contribution < -0.4 is 4.74 Å². The molecule has 3 aromatic heterocycles. The van der Waals surface area contributed by atoms with Crippen LogP contribution in [0, 0.1) is 0 Å². The normalized spacial score (nSPS) is 11.0. The van der Waals surface area contributed by atoms with Crippen LogP contribution in [0.3, 0.4) is 0 Å². The Morgan fingerprint density at radius 3 is 2.60 bits per heavy atom. The zero-order chi connectivity index (χ0) is 20.5. The minimum atomic E-state index is 0.103. The fourth-order valence-electron chi connectivity index (χ4n) is 2.93. The molecule has 5 rings (SSSR count). The van der Waals surface area contributed by atoms with Crippen molar-refractivity contribution in [3.63, 3.8) is 0 Å². The minimum absolute atomic E-state index is 0.103. The summed E-state index contributed by atoms with van der Waals surface area (Å²) in [5.41, 5.74) is 3.12. The predicted octanol–water partition coefficient (Wildman–Crippen LogP) is 5.97. The largest absolute Gasteiger partial charge is 0.508 e. The first-order valence-electron chi connectivity index (χ1n) is 8.96. The lowest BCUT2D eigenvalue weighted by atomic mass is 10.2. The van der Waals surface area contributed by atoms with Gasteiger partial charge in [0.2, 0.25) is 5.88 Å². The van der Waals surface area contributed by atoms with Gasteiger partial charge in [0.1, 0.15) is 5.75 Å². The number of phenols is 1. The predicted molar refractivity (Wildman–Crippen MR) is 117 cm³/mol. The molecule has 0 amide bonds. The van der Waals surface area contributed by atoms with Gasteiger partial charge in [-0.15, -0.1) is 0 Å².